The molecule has 1 aromatic carbocycles. The van der Waals surface area contributed by atoms with Crippen LogP contribution in [0.2, 0.25) is 0 Å². The van der Waals surface area contributed by atoms with Crippen LogP contribution in [0.1, 0.15) is 10.5 Å². The molecule has 5 heteroatoms. The van der Waals surface area contributed by atoms with Gasteiger partial charge in [-0.25, -0.2) is 10.5 Å². The van der Waals surface area contributed by atoms with Gasteiger partial charge in [-0.2, -0.15) is 0 Å². The number of hydrogen-bond acceptors (Lipinski definition) is 4. The van der Waals surface area contributed by atoms with E-state index in [1.807, 2.05) is 24.3 Å². The molecule has 5 nitrogen and oxygen atoms in total. The monoisotopic (exact) mass is 239 g/mol. The second kappa shape index (κ2) is 4.05. The second-order valence-electron chi connectivity index (χ2n) is 3.85. The molecule has 0 radical (unpaired) electrons. The molecular weight excluding hydrogens is 230 g/mol. The number of hydroxylamine groups is 1. The molecular formula is C13H9N3O2. The van der Waals surface area contributed by atoms with Crippen molar-refractivity contribution in [3.8, 4) is 0 Å². The molecule has 2 heterocycles. The van der Waals surface area contributed by atoms with Gasteiger partial charge in [0.1, 0.15) is 5.69 Å². The minimum absolute atomic E-state index is 0.156. The van der Waals surface area contributed by atoms with E-state index in [1.54, 1.807) is 23.8 Å². The molecule has 0 bridgehead atoms. The molecule has 0 spiro atoms. The number of nitrogens with one attached hydrogen (secondary N) is 1. The van der Waals surface area contributed by atoms with Crippen molar-refractivity contribution in [2.45, 2.75) is 0 Å². The van der Waals surface area contributed by atoms with Crippen LogP contribution in [-0.4, -0.2) is 21.1 Å². The average Bonchev–Trinajstić information content (AvgIpc) is 2.45. The molecule has 3 aromatic rings. The molecule has 0 fully saturated rings. The fourth-order valence-corrected chi connectivity index (χ4v) is 1.91. The van der Waals surface area contributed by atoms with Crippen LogP contribution >= 0.6 is 0 Å². The molecule has 1 amide bonds. The van der Waals surface area contributed by atoms with E-state index in [1.165, 1.54) is 0 Å². The number of carbonyl (C=O) groups is 1. The van der Waals surface area contributed by atoms with Crippen LogP contribution in [0.5, 0.6) is 0 Å². The lowest BCUT2D eigenvalue weighted by Gasteiger charge is -2.04. The third-order valence-corrected chi connectivity index (χ3v) is 2.77. The highest BCUT2D eigenvalue weighted by atomic mass is 16.5. The fraction of sp³-hybridized carbons (Fsp3) is 0. The molecule has 3 rings (SSSR count). The number of fused-ring (bicyclic) bond motifs is 3. The summed E-state index contributed by atoms with van der Waals surface area (Å²) in [6, 6.07) is 11.0. The zero-order chi connectivity index (χ0) is 12.5. The highest BCUT2D eigenvalue weighted by Crippen LogP contribution is 2.21. The van der Waals surface area contributed by atoms with Crippen LogP contribution in [-0.2, 0) is 0 Å². The number of amides is 1. The summed E-state index contributed by atoms with van der Waals surface area (Å²) in [6.45, 7) is 0. The first-order valence-corrected chi connectivity index (χ1v) is 5.38. The van der Waals surface area contributed by atoms with Gasteiger partial charge >= 0.3 is 0 Å². The smallest absolute Gasteiger partial charge is 0.288 e. The lowest BCUT2D eigenvalue weighted by atomic mass is 10.1. The molecule has 2 N–H and O–H groups in total. The Labute approximate surface area is 102 Å². The van der Waals surface area contributed by atoms with E-state index in [0.717, 1.165) is 16.3 Å². The summed E-state index contributed by atoms with van der Waals surface area (Å²) >= 11 is 0. The Morgan fingerprint density at radius 3 is 2.56 bits per heavy atom. The molecule has 18 heavy (non-hydrogen) atoms. The number of nitrogens with zero attached hydrogens (tertiary/aromatic N) is 2. The average molecular weight is 239 g/mol. The van der Waals surface area contributed by atoms with Gasteiger partial charge < -0.3 is 0 Å². The lowest BCUT2D eigenvalue weighted by molar-refractivity contribution is 0.0701. The standard InChI is InChI=1S/C13H9N3O2/c17-13(16-18)10-6-5-9-4-3-8-2-1-7-14-11(8)12(9)15-10/h1-7,18H,(H,16,17). The van der Waals surface area contributed by atoms with Crippen molar-refractivity contribution in [1.29, 1.82) is 0 Å². The summed E-state index contributed by atoms with van der Waals surface area (Å²) in [5.74, 6) is -0.634. The van der Waals surface area contributed by atoms with Crippen LogP contribution in [0.25, 0.3) is 21.8 Å². The summed E-state index contributed by atoms with van der Waals surface area (Å²) < 4.78 is 0. The van der Waals surface area contributed by atoms with Crippen molar-refractivity contribution in [3.05, 3.63) is 48.3 Å². The first kappa shape index (κ1) is 10.6. The van der Waals surface area contributed by atoms with E-state index in [-0.39, 0.29) is 5.69 Å². The van der Waals surface area contributed by atoms with Crippen molar-refractivity contribution < 1.29 is 10.0 Å². The van der Waals surface area contributed by atoms with E-state index in [0.29, 0.717) is 5.52 Å². The van der Waals surface area contributed by atoms with Crippen LogP contribution < -0.4 is 5.48 Å². The third-order valence-electron chi connectivity index (χ3n) is 2.77. The van der Waals surface area contributed by atoms with Crippen molar-refractivity contribution in [3.63, 3.8) is 0 Å². The number of pyridine rings is 2. The Kier molecular flexibility index (Phi) is 2.39. The lowest BCUT2D eigenvalue weighted by Crippen LogP contribution is -2.19. The van der Waals surface area contributed by atoms with Crippen molar-refractivity contribution >= 4 is 27.7 Å². The largest absolute Gasteiger partial charge is 0.293 e. The molecule has 0 aliphatic rings. The van der Waals surface area contributed by atoms with Gasteiger partial charge in [0, 0.05) is 17.0 Å². The van der Waals surface area contributed by atoms with E-state index in [4.69, 9.17) is 5.21 Å². The first-order chi connectivity index (χ1) is 8.79. The minimum atomic E-state index is -0.634. The molecule has 0 aliphatic heterocycles. The molecule has 0 saturated heterocycles. The van der Waals surface area contributed by atoms with E-state index >= 15 is 0 Å². The summed E-state index contributed by atoms with van der Waals surface area (Å²) in [4.78, 5) is 19.9. The molecule has 88 valence electrons. The number of aromatic nitrogens is 2. The zero-order valence-electron chi connectivity index (χ0n) is 9.29. The van der Waals surface area contributed by atoms with Crippen molar-refractivity contribution in [2.24, 2.45) is 0 Å². The minimum Gasteiger partial charge on any atom is -0.288 e. The van der Waals surface area contributed by atoms with Gasteiger partial charge in [0.05, 0.1) is 11.0 Å². The topological polar surface area (TPSA) is 75.1 Å². The number of carbonyl (C=O) groups excluding carboxylic acids is 1. The summed E-state index contributed by atoms with van der Waals surface area (Å²) in [7, 11) is 0. The summed E-state index contributed by atoms with van der Waals surface area (Å²) in [5, 5.41) is 10.5. The van der Waals surface area contributed by atoms with Gasteiger partial charge in [-0.1, -0.05) is 24.3 Å². The van der Waals surface area contributed by atoms with Gasteiger partial charge in [-0.15, -0.1) is 0 Å². The summed E-state index contributed by atoms with van der Waals surface area (Å²) in [6.07, 6.45) is 1.68. The van der Waals surface area contributed by atoms with Crippen LogP contribution in [0.15, 0.2) is 42.6 Å². The molecule has 0 saturated carbocycles. The maximum Gasteiger partial charge on any atom is 0.293 e. The Morgan fingerprint density at radius 2 is 1.78 bits per heavy atom. The van der Waals surface area contributed by atoms with Gasteiger partial charge in [0.25, 0.3) is 5.91 Å². The van der Waals surface area contributed by atoms with Crippen molar-refractivity contribution in [1.82, 2.24) is 15.4 Å². The quantitative estimate of drug-likeness (QED) is 0.386. The van der Waals surface area contributed by atoms with E-state index < -0.39 is 5.91 Å². The van der Waals surface area contributed by atoms with Gasteiger partial charge in [0.15, 0.2) is 0 Å². The van der Waals surface area contributed by atoms with E-state index in [9.17, 15) is 4.79 Å². The number of rotatable bonds is 1. The van der Waals surface area contributed by atoms with Gasteiger partial charge in [-0.3, -0.25) is 15.0 Å². The highest BCUT2D eigenvalue weighted by Gasteiger charge is 2.09. The predicted octanol–water partition coefficient (Wildman–Crippen LogP) is 1.90. The SMILES string of the molecule is O=C(NO)c1ccc2ccc3cccnc3c2n1. The second-order valence-corrected chi connectivity index (χ2v) is 3.85. The fourth-order valence-electron chi connectivity index (χ4n) is 1.91. The first-order valence-electron chi connectivity index (χ1n) is 5.38. The number of benzene rings is 1. The molecule has 2 aromatic heterocycles. The Hall–Kier alpha value is -2.53. The Morgan fingerprint density at radius 1 is 1.06 bits per heavy atom. The summed E-state index contributed by atoms with van der Waals surface area (Å²) in [5.41, 5.74) is 3.11. The Balaban J connectivity index is 2.36. The van der Waals surface area contributed by atoms with Crippen molar-refractivity contribution in [2.75, 3.05) is 0 Å². The number of hydrogen-bond donors (Lipinski definition) is 2. The Bertz CT molecular complexity index is 755. The maximum absolute atomic E-state index is 11.3. The molecule has 0 unspecified atom stereocenters. The van der Waals surface area contributed by atoms with Crippen LogP contribution in [0, 0.1) is 0 Å². The molecule has 0 aliphatic carbocycles. The van der Waals surface area contributed by atoms with Crippen LogP contribution in [0.4, 0.5) is 0 Å². The van der Waals surface area contributed by atoms with Gasteiger partial charge in [-0.05, 0) is 12.1 Å². The maximum atomic E-state index is 11.3. The normalized spacial score (nSPS) is 10.7. The molecule has 0 atom stereocenters. The van der Waals surface area contributed by atoms with Gasteiger partial charge in [0.2, 0.25) is 0 Å². The van der Waals surface area contributed by atoms with E-state index in [2.05, 4.69) is 9.97 Å². The highest BCUT2D eigenvalue weighted by molar-refractivity contribution is 6.04. The third kappa shape index (κ3) is 1.57. The predicted molar refractivity (Wildman–Crippen MR) is 66.3 cm³/mol. The van der Waals surface area contributed by atoms with Crippen LogP contribution in [0.3, 0.4) is 0 Å². The zero-order valence-corrected chi connectivity index (χ0v) is 9.29.